The van der Waals surface area contributed by atoms with Crippen LogP contribution < -0.4 is 5.43 Å². The minimum Gasteiger partial charge on any atom is -0.272 e. The number of aromatic amines is 1. The van der Waals surface area contributed by atoms with Gasteiger partial charge in [0.05, 0.1) is 16.9 Å². The van der Waals surface area contributed by atoms with E-state index in [1.54, 1.807) is 24.3 Å². The predicted octanol–water partition coefficient (Wildman–Crippen LogP) is 5.35. The summed E-state index contributed by atoms with van der Waals surface area (Å²) in [4.78, 5) is 12.2. The largest absolute Gasteiger partial charge is 0.289 e. The monoisotopic (exact) mass is 414 g/mol. The van der Waals surface area contributed by atoms with Crippen LogP contribution >= 0.6 is 23.2 Å². The van der Waals surface area contributed by atoms with E-state index in [-0.39, 0.29) is 0 Å². The van der Waals surface area contributed by atoms with Crippen LogP contribution in [0.3, 0.4) is 0 Å². The van der Waals surface area contributed by atoms with Crippen molar-refractivity contribution in [1.82, 2.24) is 15.6 Å². The number of aromatic nitrogens is 2. The number of carbonyl (C=O) groups excluding carboxylic acids is 1. The molecule has 0 aliphatic heterocycles. The standard InChI is InChI=1S/C21H20Cl2N4O/c1-13(2)9-14-3-5-15(6-4-14)19-11-20(26-25-19)21(28)27-24-12-16-7-8-17(22)10-18(16)23/h3-8,10-13H,9H2,1-2H3,(H,25,26)(H,27,28)/b24-12+. The molecule has 0 aliphatic rings. The van der Waals surface area contributed by atoms with Gasteiger partial charge in [0.25, 0.3) is 5.91 Å². The Bertz CT molecular complexity index is 994. The first-order valence-electron chi connectivity index (χ1n) is 8.85. The van der Waals surface area contributed by atoms with Crippen molar-refractivity contribution in [3.8, 4) is 11.3 Å². The van der Waals surface area contributed by atoms with Crippen LogP contribution in [-0.4, -0.2) is 22.3 Å². The second-order valence-electron chi connectivity index (χ2n) is 6.83. The van der Waals surface area contributed by atoms with E-state index in [0.29, 0.717) is 32.9 Å². The number of hydrogen-bond acceptors (Lipinski definition) is 3. The minimum atomic E-state index is -0.392. The number of nitrogens with one attached hydrogen (secondary N) is 2. The Hall–Kier alpha value is -2.63. The number of rotatable bonds is 6. The van der Waals surface area contributed by atoms with Gasteiger partial charge in [-0.3, -0.25) is 9.89 Å². The third-order valence-corrected chi connectivity index (χ3v) is 4.61. The van der Waals surface area contributed by atoms with Gasteiger partial charge < -0.3 is 0 Å². The lowest BCUT2D eigenvalue weighted by Gasteiger charge is -2.05. The number of nitrogens with zero attached hydrogens (tertiary/aromatic N) is 2. The third-order valence-electron chi connectivity index (χ3n) is 4.05. The van der Waals surface area contributed by atoms with Crippen LogP contribution in [-0.2, 0) is 6.42 Å². The summed E-state index contributed by atoms with van der Waals surface area (Å²) in [7, 11) is 0. The van der Waals surface area contributed by atoms with Crippen molar-refractivity contribution in [2.45, 2.75) is 20.3 Å². The molecule has 0 radical (unpaired) electrons. The Labute approximate surface area is 173 Å². The topological polar surface area (TPSA) is 70.1 Å². The van der Waals surface area contributed by atoms with Gasteiger partial charge in [-0.1, -0.05) is 67.4 Å². The molecule has 3 aromatic rings. The van der Waals surface area contributed by atoms with Crippen molar-refractivity contribution < 1.29 is 4.79 Å². The van der Waals surface area contributed by atoms with Gasteiger partial charge in [-0.05, 0) is 36.1 Å². The van der Waals surface area contributed by atoms with Gasteiger partial charge in [0.15, 0.2) is 0 Å². The zero-order chi connectivity index (χ0) is 20.1. The average molecular weight is 415 g/mol. The molecule has 28 heavy (non-hydrogen) atoms. The molecule has 5 nitrogen and oxygen atoms in total. The molecule has 0 unspecified atom stereocenters. The molecule has 1 amide bonds. The van der Waals surface area contributed by atoms with Gasteiger partial charge >= 0.3 is 0 Å². The second-order valence-corrected chi connectivity index (χ2v) is 7.67. The molecule has 7 heteroatoms. The molecule has 144 valence electrons. The quantitative estimate of drug-likeness (QED) is 0.421. The molecule has 0 fully saturated rings. The van der Waals surface area contributed by atoms with Crippen molar-refractivity contribution in [3.63, 3.8) is 0 Å². The van der Waals surface area contributed by atoms with Crippen molar-refractivity contribution in [3.05, 3.63) is 75.4 Å². The van der Waals surface area contributed by atoms with Crippen LogP contribution in [0.5, 0.6) is 0 Å². The van der Waals surface area contributed by atoms with Crippen molar-refractivity contribution in [2.75, 3.05) is 0 Å². The molecule has 1 aromatic heterocycles. The maximum absolute atomic E-state index is 12.2. The first kappa shape index (κ1) is 20.1. The van der Waals surface area contributed by atoms with Gasteiger partial charge in [0.1, 0.15) is 5.69 Å². The summed E-state index contributed by atoms with van der Waals surface area (Å²) in [5.74, 6) is 0.214. The van der Waals surface area contributed by atoms with E-state index >= 15 is 0 Å². The fourth-order valence-electron chi connectivity index (χ4n) is 2.70. The van der Waals surface area contributed by atoms with E-state index in [9.17, 15) is 4.79 Å². The normalized spacial score (nSPS) is 11.3. The van der Waals surface area contributed by atoms with E-state index < -0.39 is 5.91 Å². The number of H-pyrrole nitrogens is 1. The highest BCUT2D eigenvalue weighted by Crippen LogP contribution is 2.20. The van der Waals surface area contributed by atoms with Crippen LogP contribution in [0, 0.1) is 5.92 Å². The first-order valence-corrected chi connectivity index (χ1v) is 9.61. The summed E-state index contributed by atoms with van der Waals surface area (Å²) < 4.78 is 0. The molecule has 0 bridgehead atoms. The smallest absolute Gasteiger partial charge is 0.272 e. The molecule has 2 N–H and O–H groups in total. The lowest BCUT2D eigenvalue weighted by atomic mass is 10.0. The highest BCUT2D eigenvalue weighted by molar-refractivity contribution is 6.36. The van der Waals surface area contributed by atoms with Gasteiger partial charge in [-0.2, -0.15) is 10.2 Å². The van der Waals surface area contributed by atoms with Gasteiger partial charge in [-0.25, -0.2) is 5.43 Å². The minimum absolute atomic E-state index is 0.320. The number of halogens is 2. The van der Waals surface area contributed by atoms with E-state index in [0.717, 1.165) is 12.0 Å². The summed E-state index contributed by atoms with van der Waals surface area (Å²) in [5.41, 5.74) is 6.35. The maximum Gasteiger partial charge on any atom is 0.289 e. The molecule has 0 atom stereocenters. The summed E-state index contributed by atoms with van der Waals surface area (Å²) in [6.45, 7) is 4.38. The second kappa shape index (κ2) is 9.04. The fraction of sp³-hybridized carbons (Fsp3) is 0.190. The van der Waals surface area contributed by atoms with Crippen LogP contribution in [0.2, 0.25) is 10.0 Å². The van der Waals surface area contributed by atoms with Crippen LogP contribution in [0.15, 0.2) is 53.6 Å². The number of hydrogen-bond donors (Lipinski definition) is 2. The Kier molecular flexibility index (Phi) is 6.49. The summed E-state index contributed by atoms with van der Waals surface area (Å²) >= 11 is 11.9. The number of hydrazone groups is 1. The molecule has 3 rings (SSSR count). The van der Waals surface area contributed by atoms with E-state index in [1.807, 2.05) is 12.1 Å². The SMILES string of the molecule is CC(C)Cc1ccc(-c2cc(C(=O)N/N=C/c3ccc(Cl)cc3Cl)[nH]n2)cc1. The Morgan fingerprint density at radius 2 is 1.93 bits per heavy atom. The summed E-state index contributed by atoms with van der Waals surface area (Å²) in [6, 6.07) is 14.9. The lowest BCUT2D eigenvalue weighted by molar-refractivity contribution is 0.0950. The zero-order valence-corrected chi connectivity index (χ0v) is 17.1. The van der Waals surface area contributed by atoms with Crippen LogP contribution in [0.1, 0.15) is 35.5 Å². The number of amides is 1. The van der Waals surface area contributed by atoms with Crippen molar-refractivity contribution in [2.24, 2.45) is 11.0 Å². The Morgan fingerprint density at radius 1 is 1.18 bits per heavy atom. The van der Waals surface area contributed by atoms with E-state index in [2.05, 4.69) is 46.7 Å². The third kappa shape index (κ3) is 5.21. The lowest BCUT2D eigenvalue weighted by Crippen LogP contribution is -2.18. The number of carbonyl (C=O) groups is 1. The van der Waals surface area contributed by atoms with E-state index in [4.69, 9.17) is 23.2 Å². The van der Waals surface area contributed by atoms with Crippen molar-refractivity contribution in [1.29, 1.82) is 0 Å². The molecule has 1 heterocycles. The van der Waals surface area contributed by atoms with Crippen LogP contribution in [0.4, 0.5) is 0 Å². The highest BCUT2D eigenvalue weighted by atomic mass is 35.5. The summed E-state index contributed by atoms with van der Waals surface area (Å²) in [5, 5.41) is 11.9. The molecule has 0 spiro atoms. The molecule has 0 aliphatic carbocycles. The highest BCUT2D eigenvalue weighted by Gasteiger charge is 2.10. The first-order chi connectivity index (χ1) is 13.4. The van der Waals surface area contributed by atoms with Gasteiger partial charge in [-0.15, -0.1) is 0 Å². The molecular formula is C21H20Cl2N4O. The van der Waals surface area contributed by atoms with Crippen LogP contribution in [0.25, 0.3) is 11.3 Å². The average Bonchev–Trinajstić information content (AvgIpc) is 3.14. The Balaban J connectivity index is 1.64. The van der Waals surface area contributed by atoms with Gasteiger partial charge in [0.2, 0.25) is 0 Å². The predicted molar refractivity (Wildman–Crippen MR) is 114 cm³/mol. The number of benzene rings is 2. The maximum atomic E-state index is 12.2. The fourth-order valence-corrected chi connectivity index (χ4v) is 3.15. The molecule has 2 aromatic carbocycles. The molecular weight excluding hydrogens is 395 g/mol. The summed E-state index contributed by atoms with van der Waals surface area (Å²) in [6.07, 6.45) is 2.49. The molecule has 0 saturated heterocycles. The van der Waals surface area contributed by atoms with Crippen molar-refractivity contribution >= 4 is 35.3 Å². The Morgan fingerprint density at radius 3 is 2.61 bits per heavy atom. The van der Waals surface area contributed by atoms with E-state index in [1.165, 1.54) is 11.8 Å². The molecule has 0 saturated carbocycles. The van der Waals surface area contributed by atoms with Gasteiger partial charge in [0, 0.05) is 16.1 Å². The zero-order valence-electron chi connectivity index (χ0n) is 15.5.